The maximum Gasteiger partial charge on any atom is 0.251 e. The average Bonchev–Trinajstić information content (AvgIpc) is 2.36. The summed E-state index contributed by atoms with van der Waals surface area (Å²) in [6.45, 7) is 5.52. The van der Waals surface area contributed by atoms with Gasteiger partial charge < -0.3 is 11.1 Å². The lowest BCUT2D eigenvalue weighted by molar-refractivity contribution is 0.0952. The van der Waals surface area contributed by atoms with Crippen molar-refractivity contribution in [2.75, 3.05) is 13.1 Å². The predicted octanol–water partition coefficient (Wildman–Crippen LogP) is 2.55. The number of carbonyl (C=O) groups is 1. The highest BCUT2D eigenvalue weighted by molar-refractivity contribution is 5.95. The van der Waals surface area contributed by atoms with Crippen LogP contribution in [0.2, 0.25) is 0 Å². The second-order valence-electron chi connectivity index (χ2n) is 4.71. The smallest absolute Gasteiger partial charge is 0.251 e. The Hall–Kier alpha value is -1.35. The molecule has 0 aromatic heterocycles. The zero-order valence-corrected chi connectivity index (χ0v) is 11.5. The van der Waals surface area contributed by atoms with E-state index in [0.717, 1.165) is 55.5 Å². The van der Waals surface area contributed by atoms with Crippen molar-refractivity contribution in [1.29, 1.82) is 0 Å². The lowest BCUT2D eigenvalue weighted by Gasteiger charge is -2.09. The van der Waals surface area contributed by atoms with Crippen molar-refractivity contribution in [3.8, 4) is 0 Å². The Morgan fingerprint density at radius 3 is 2.61 bits per heavy atom. The molecule has 0 radical (unpaired) electrons. The quantitative estimate of drug-likeness (QED) is 0.729. The largest absolute Gasteiger partial charge is 0.352 e. The molecule has 0 aliphatic heterocycles. The first-order valence-corrected chi connectivity index (χ1v) is 6.71. The molecule has 0 unspecified atom stereocenters. The molecule has 3 heteroatoms. The van der Waals surface area contributed by atoms with E-state index in [0.29, 0.717) is 0 Å². The van der Waals surface area contributed by atoms with Gasteiger partial charge in [-0.3, -0.25) is 4.79 Å². The SMILES string of the molecule is Cc1cccc(C(=O)NCCCCCCN)c1C. The highest BCUT2D eigenvalue weighted by atomic mass is 16.1. The number of nitrogens with two attached hydrogens (primary N) is 1. The van der Waals surface area contributed by atoms with Crippen molar-refractivity contribution in [1.82, 2.24) is 5.32 Å². The fraction of sp³-hybridized carbons (Fsp3) is 0.533. The van der Waals surface area contributed by atoms with Gasteiger partial charge in [-0.1, -0.05) is 25.0 Å². The first-order valence-electron chi connectivity index (χ1n) is 6.71. The van der Waals surface area contributed by atoms with Gasteiger partial charge >= 0.3 is 0 Å². The van der Waals surface area contributed by atoms with Gasteiger partial charge in [0.25, 0.3) is 5.91 Å². The Morgan fingerprint density at radius 2 is 1.89 bits per heavy atom. The molecule has 0 spiro atoms. The van der Waals surface area contributed by atoms with Crippen molar-refractivity contribution in [3.63, 3.8) is 0 Å². The molecule has 18 heavy (non-hydrogen) atoms. The molecule has 1 aromatic rings. The molecule has 0 heterocycles. The number of carbonyl (C=O) groups excluding carboxylic acids is 1. The minimum absolute atomic E-state index is 0.0371. The summed E-state index contributed by atoms with van der Waals surface area (Å²) in [5.74, 6) is 0.0371. The summed E-state index contributed by atoms with van der Waals surface area (Å²) in [5.41, 5.74) is 8.44. The number of hydrogen-bond donors (Lipinski definition) is 2. The molecule has 1 aromatic carbocycles. The molecule has 1 rings (SSSR count). The first-order chi connectivity index (χ1) is 8.66. The van der Waals surface area contributed by atoms with Crippen molar-refractivity contribution >= 4 is 5.91 Å². The fourth-order valence-electron chi connectivity index (χ4n) is 1.92. The third kappa shape index (κ3) is 4.49. The van der Waals surface area contributed by atoms with Crippen molar-refractivity contribution in [2.24, 2.45) is 5.73 Å². The molecular formula is C15H24N2O. The number of benzene rings is 1. The van der Waals surface area contributed by atoms with Crippen LogP contribution in [0.4, 0.5) is 0 Å². The molecule has 0 saturated heterocycles. The molecule has 0 fully saturated rings. The van der Waals surface area contributed by atoms with Crippen molar-refractivity contribution in [2.45, 2.75) is 39.5 Å². The van der Waals surface area contributed by atoms with E-state index in [1.165, 1.54) is 0 Å². The van der Waals surface area contributed by atoms with Gasteiger partial charge in [0.05, 0.1) is 0 Å². The zero-order valence-electron chi connectivity index (χ0n) is 11.5. The van der Waals surface area contributed by atoms with Crippen LogP contribution in [0.1, 0.15) is 47.2 Å². The Kier molecular flexibility index (Phi) is 6.44. The molecule has 0 aliphatic rings. The first kappa shape index (κ1) is 14.7. The van der Waals surface area contributed by atoms with Crippen LogP contribution in [-0.4, -0.2) is 19.0 Å². The van der Waals surface area contributed by atoms with Gasteiger partial charge in [-0.05, 0) is 50.4 Å². The highest BCUT2D eigenvalue weighted by Gasteiger charge is 2.08. The topological polar surface area (TPSA) is 55.1 Å². The van der Waals surface area contributed by atoms with Crippen molar-refractivity contribution < 1.29 is 4.79 Å². The maximum absolute atomic E-state index is 12.0. The van der Waals surface area contributed by atoms with E-state index in [1.54, 1.807) is 0 Å². The van der Waals surface area contributed by atoms with Gasteiger partial charge in [-0.15, -0.1) is 0 Å². The highest BCUT2D eigenvalue weighted by Crippen LogP contribution is 2.12. The third-order valence-corrected chi connectivity index (χ3v) is 3.27. The van der Waals surface area contributed by atoms with E-state index in [4.69, 9.17) is 5.73 Å². The lowest BCUT2D eigenvalue weighted by Crippen LogP contribution is -2.25. The summed E-state index contributed by atoms with van der Waals surface area (Å²) in [5, 5.41) is 2.97. The van der Waals surface area contributed by atoms with Crippen LogP contribution in [-0.2, 0) is 0 Å². The molecule has 3 N–H and O–H groups in total. The maximum atomic E-state index is 12.0. The van der Waals surface area contributed by atoms with E-state index in [1.807, 2.05) is 32.0 Å². The van der Waals surface area contributed by atoms with Crippen LogP contribution in [0.5, 0.6) is 0 Å². The number of aryl methyl sites for hydroxylation is 1. The molecule has 1 amide bonds. The second-order valence-corrected chi connectivity index (χ2v) is 4.71. The van der Waals surface area contributed by atoms with E-state index in [-0.39, 0.29) is 5.91 Å². The molecule has 0 aliphatic carbocycles. The lowest BCUT2D eigenvalue weighted by atomic mass is 10.0. The Bertz CT molecular complexity index is 388. The van der Waals surface area contributed by atoms with Gasteiger partial charge in [0.15, 0.2) is 0 Å². The van der Waals surface area contributed by atoms with Crippen LogP contribution in [0.3, 0.4) is 0 Å². The monoisotopic (exact) mass is 248 g/mol. The van der Waals surface area contributed by atoms with Gasteiger partial charge in [-0.2, -0.15) is 0 Å². The second kappa shape index (κ2) is 7.88. The summed E-state index contributed by atoms with van der Waals surface area (Å²) in [6.07, 6.45) is 4.38. The van der Waals surface area contributed by atoms with Crippen LogP contribution in [0.15, 0.2) is 18.2 Å². The molecular weight excluding hydrogens is 224 g/mol. The van der Waals surface area contributed by atoms with Gasteiger partial charge in [-0.25, -0.2) is 0 Å². The Labute approximate surface area is 110 Å². The summed E-state index contributed by atoms with van der Waals surface area (Å²) < 4.78 is 0. The van der Waals surface area contributed by atoms with Crippen LogP contribution >= 0.6 is 0 Å². The van der Waals surface area contributed by atoms with Crippen LogP contribution in [0.25, 0.3) is 0 Å². The molecule has 3 nitrogen and oxygen atoms in total. The molecule has 100 valence electrons. The van der Waals surface area contributed by atoms with Crippen LogP contribution < -0.4 is 11.1 Å². The minimum Gasteiger partial charge on any atom is -0.352 e. The van der Waals surface area contributed by atoms with Gasteiger partial charge in [0, 0.05) is 12.1 Å². The van der Waals surface area contributed by atoms with E-state index in [2.05, 4.69) is 5.32 Å². The van der Waals surface area contributed by atoms with Crippen molar-refractivity contribution in [3.05, 3.63) is 34.9 Å². The normalized spacial score (nSPS) is 10.4. The summed E-state index contributed by atoms with van der Waals surface area (Å²) in [7, 11) is 0. The summed E-state index contributed by atoms with van der Waals surface area (Å²) >= 11 is 0. The molecule has 0 bridgehead atoms. The molecule has 0 atom stereocenters. The van der Waals surface area contributed by atoms with E-state index >= 15 is 0 Å². The van der Waals surface area contributed by atoms with Gasteiger partial charge in [0.2, 0.25) is 0 Å². The van der Waals surface area contributed by atoms with Crippen LogP contribution in [0, 0.1) is 13.8 Å². The third-order valence-electron chi connectivity index (χ3n) is 3.27. The number of amides is 1. The number of unbranched alkanes of at least 4 members (excludes halogenated alkanes) is 3. The average molecular weight is 248 g/mol. The zero-order chi connectivity index (χ0) is 13.4. The summed E-state index contributed by atoms with van der Waals surface area (Å²) in [4.78, 5) is 12.0. The number of hydrogen-bond acceptors (Lipinski definition) is 2. The summed E-state index contributed by atoms with van der Waals surface area (Å²) in [6, 6.07) is 5.84. The Morgan fingerprint density at radius 1 is 1.17 bits per heavy atom. The standard InChI is InChI=1S/C15H24N2O/c1-12-8-7-9-14(13(12)2)15(18)17-11-6-4-3-5-10-16/h7-9H,3-6,10-11,16H2,1-2H3,(H,17,18). The predicted molar refractivity (Wildman–Crippen MR) is 75.8 cm³/mol. The van der Waals surface area contributed by atoms with E-state index in [9.17, 15) is 4.79 Å². The number of nitrogens with one attached hydrogen (secondary N) is 1. The molecule has 0 saturated carbocycles. The van der Waals surface area contributed by atoms with E-state index < -0.39 is 0 Å². The fourth-order valence-corrected chi connectivity index (χ4v) is 1.92. The van der Waals surface area contributed by atoms with Gasteiger partial charge in [0.1, 0.15) is 0 Å². The minimum atomic E-state index is 0.0371. The Balaban J connectivity index is 2.35. The number of rotatable bonds is 7.